The number of benzene rings is 1. The first-order valence-electron chi connectivity index (χ1n) is 7.61. The third kappa shape index (κ3) is 4.53. The highest BCUT2D eigenvalue weighted by Crippen LogP contribution is 2.21. The molecule has 1 fully saturated rings. The summed E-state index contributed by atoms with van der Waals surface area (Å²) in [6, 6.07) is 6.01. The van der Waals surface area contributed by atoms with Gasteiger partial charge in [-0.2, -0.15) is 5.26 Å². The lowest BCUT2D eigenvalue weighted by Gasteiger charge is -2.22. The molecule has 1 N–H and O–H groups in total. The summed E-state index contributed by atoms with van der Waals surface area (Å²) >= 11 is 0. The van der Waals surface area contributed by atoms with Gasteiger partial charge in [-0.25, -0.2) is 17.9 Å². The first-order valence-corrected chi connectivity index (χ1v) is 9.09. The van der Waals surface area contributed by atoms with Gasteiger partial charge in [0.25, 0.3) is 0 Å². The molecule has 0 atom stereocenters. The zero-order valence-corrected chi connectivity index (χ0v) is 13.9. The average molecular weight is 336 g/mol. The maximum absolute atomic E-state index is 12.5. The van der Waals surface area contributed by atoms with Gasteiger partial charge in [0.1, 0.15) is 6.07 Å². The number of carbonyl (C=O) groups is 1. The molecule has 0 aromatic heterocycles. The van der Waals surface area contributed by atoms with Crippen LogP contribution in [0.3, 0.4) is 0 Å². The van der Waals surface area contributed by atoms with Crippen molar-refractivity contribution in [3.8, 4) is 6.07 Å². The Morgan fingerprint density at radius 3 is 2.70 bits per heavy atom. The molecule has 124 valence electrons. The number of aryl methyl sites for hydroxylation is 1. The number of carbonyl (C=O) groups excluding carboxylic acids is 1. The molecule has 0 spiro atoms. The average Bonchev–Trinajstić information content (AvgIpc) is 2.53. The number of nitrogens with zero attached hydrogens (tertiary/aromatic N) is 1. The Morgan fingerprint density at radius 1 is 1.35 bits per heavy atom. The highest BCUT2D eigenvalue weighted by Gasteiger charge is 2.23. The number of esters is 1. The van der Waals surface area contributed by atoms with Gasteiger partial charge in [0, 0.05) is 6.04 Å². The van der Waals surface area contributed by atoms with Gasteiger partial charge in [-0.3, -0.25) is 0 Å². The number of sulfonamides is 1. The van der Waals surface area contributed by atoms with E-state index < -0.39 is 16.0 Å². The molecule has 1 aliphatic rings. The number of hydrogen-bond acceptors (Lipinski definition) is 5. The minimum atomic E-state index is -3.68. The molecule has 0 unspecified atom stereocenters. The lowest BCUT2D eigenvalue weighted by atomic mass is 9.96. The summed E-state index contributed by atoms with van der Waals surface area (Å²) in [6.45, 7) is 1.32. The molecule has 1 saturated carbocycles. The van der Waals surface area contributed by atoms with Gasteiger partial charge in [0.15, 0.2) is 6.61 Å². The van der Waals surface area contributed by atoms with Gasteiger partial charge in [0.2, 0.25) is 10.0 Å². The van der Waals surface area contributed by atoms with Gasteiger partial charge >= 0.3 is 5.97 Å². The molecule has 0 heterocycles. The van der Waals surface area contributed by atoms with E-state index >= 15 is 0 Å². The zero-order chi connectivity index (χ0) is 16.9. The van der Waals surface area contributed by atoms with Crippen LogP contribution in [0.4, 0.5) is 0 Å². The number of rotatable bonds is 5. The van der Waals surface area contributed by atoms with Crippen molar-refractivity contribution >= 4 is 16.0 Å². The molecule has 7 heteroatoms. The normalized spacial score (nSPS) is 15.8. The minimum absolute atomic E-state index is 0.0394. The second-order valence-corrected chi connectivity index (χ2v) is 7.38. The van der Waals surface area contributed by atoms with Gasteiger partial charge in [0.05, 0.1) is 10.5 Å². The van der Waals surface area contributed by atoms with E-state index in [4.69, 9.17) is 10.00 Å². The van der Waals surface area contributed by atoms with Gasteiger partial charge in [-0.15, -0.1) is 0 Å². The fourth-order valence-electron chi connectivity index (χ4n) is 2.67. The summed E-state index contributed by atoms with van der Waals surface area (Å²) in [4.78, 5) is 11.9. The summed E-state index contributed by atoms with van der Waals surface area (Å²) < 4.78 is 32.4. The Kier molecular flexibility index (Phi) is 5.74. The van der Waals surface area contributed by atoms with Crippen molar-refractivity contribution in [3.63, 3.8) is 0 Å². The molecule has 0 bridgehead atoms. The van der Waals surface area contributed by atoms with Crippen molar-refractivity contribution in [3.05, 3.63) is 29.3 Å². The summed E-state index contributed by atoms with van der Waals surface area (Å²) in [5.74, 6) is -0.696. The quantitative estimate of drug-likeness (QED) is 0.832. The predicted octanol–water partition coefficient (Wildman–Crippen LogP) is 2.29. The highest BCUT2D eigenvalue weighted by atomic mass is 32.2. The molecule has 6 nitrogen and oxygen atoms in total. The van der Waals surface area contributed by atoms with E-state index in [1.807, 2.05) is 0 Å². The van der Waals surface area contributed by atoms with Gasteiger partial charge < -0.3 is 4.74 Å². The van der Waals surface area contributed by atoms with Crippen molar-refractivity contribution in [2.24, 2.45) is 0 Å². The first kappa shape index (κ1) is 17.4. The van der Waals surface area contributed by atoms with Crippen molar-refractivity contribution < 1.29 is 17.9 Å². The SMILES string of the molecule is Cc1ccc(S(=O)(=O)NC2CCCCC2)cc1C(=O)OCC#N. The van der Waals surface area contributed by atoms with Crippen molar-refractivity contribution in [1.29, 1.82) is 5.26 Å². The van der Waals surface area contributed by atoms with Gasteiger partial charge in [-0.1, -0.05) is 25.3 Å². The van der Waals surface area contributed by atoms with E-state index in [0.717, 1.165) is 32.1 Å². The fraction of sp³-hybridized carbons (Fsp3) is 0.500. The molecule has 23 heavy (non-hydrogen) atoms. The molecule has 0 aliphatic heterocycles. The number of ether oxygens (including phenoxy) is 1. The van der Waals surface area contributed by atoms with Crippen LogP contribution in [0.2, 0.25) is 0 Å². The first-order chi connectivity index (χ1) is 10.9. The largest absolute Gasteiger partial charge is 0.447 e. The van der Waals surface area contributed by atoms with E-state index in [1.165, 1.54) is 12.1 Å². The van der Waals surface area contributed by atoms with Crippen LogP contribution >= 0.6 is 0 Å². The molecule has 0 saturated heterocycles. The van der Waals surface area contributed by atoms with Crippen LogP contribution < -0.4 is 4.72 Å². The summed E-state index contributed by atoms with van der Waals surface area (Å²) in [7, 11) is -3.68. The van der Waals surface area contributed by atoms with E-state index in [2.05, 4.69) is 4.72 Å². The molecular formula is C16H20N2O4S. The topological polar surface area (TPSA) is 96.3 Å². The Morgan fingerprint density at radius 2 is 2.04 bits per heavy atom. The van der Waals surface area contributed by atoms with Crippen molar-refractivity contribution in [1.82, 2.24) is 4.72 Å². The van der Waals surface area contributed by atoms with Crippen LogP contribution in [0.1, 0.15) is 48.0 Å². The molecule has 0 radical (unpaired) electrons. The maximum atomic E-state index is 12.5. The monoisotopic (exact) mass is 336 g/mol. The Labute approximate surface area is 136 Å². The van der Waals surface area contributed by atoms with E-state index in [9.17, 15) is 13.2 Å². The number of nitriles is 1. The molecule has 1 aliphatic carbocycles. The third-order valence-electron chi connectivity index (χ3n) is 3.93. The van der Waals surface area contributed by atoms with E-state index in [1.54, 1.807) is 19.1 Å². The Bertz CT molecular complexity index is 716. The predicted molar refractivity (Wildman–Crippen MR) is 84.3 cm³/mol. The van der Waals surface area contributed by atoms with E-state index in [-0.39, 0.29) is 23.1 Å². The van der Waals surface area contributed by atoms with Crippen LogP contribution in [0.5, 0.6) is 0 Å². The minimum Gasteiger partial charge on any atom is -0.447 e. The van der Waals surface area contributed by atoms with Crippen LogP contribution in [-0.2, 0) is 14.8 Å². The highest BCUT2D eigenvalue weighted by molar-refractivity contribution is 7.89. The second-order valence-electron chi connectivity index (χ2n) is 5.67. The zero-order valence-electron chi connectivity index (χ0n) is 13.0. The smallest absolute Gasteiger partial charge is 0.339 e. The van der Waals surface area contributed by atoms with Crippen LogP contribution in [0.25, 0.3) is 0 Å². The summed E-state index contributed by atoms with van der Waals surface area (Å²) in [5, 5.41) is 8.46. The van der Waals surface area contributed by atoms with Crippen molar-refractivity contribution in [2.45, 2.75) is 50.0 Å². The molecule has 1 aromatic carbocycles. The molecule has 1 aromatic rings. The molecular weight excluding hydrogens is 316 g/mol. The third-order valence-corrected chi connectivity index (χ3v) is 5.45. The number of hydrogen-bond donors (Lipinski definition) is 1. The lowest BCUT2D eigenvalue weighted by molar-refractivity contribution is 0.0554. The lowest BCUT2D eigenvalue weighted by Crippen LogP contribution is -2.36. The number of nitrogens with one attached hydrogen (secondary N) is 1. The molecule has 0 amide bonds. The van der Waals surface area contributed by atoms with Crippen LogP contribution in [0.15, 0.2) is 23.1 Å². The Hall–Kier alpha value is -1.91. The summed E-state index contributed by atoms with van der Waals surface area (Å²) in [6.07, 6.45) is 4.85. The summed E-state index contributed by atoms with van der Waals surface area (Å²) in [5.41, 5.74) is 0.760. The van der Waals surface area contributed by atoms with Crippen LogP contribution in [-0.4, -0.2) is 27.0 Å². The molecule has 2 rings (SSSR count). The van der Waals surface area contributed by atoms with Gasteiger partial charge in [-0.05, 0) is 37.5 Å². The standard InChI is InChI=1S/C16H20N2O4S/c1-12-7-8-14(11-15(12)16(19)22-10-9-17)23(20,21)18-13-5-3-2-4-6-13/h7-8,11,13,18H,2-6,10H2,1H3. The van der Waals surface area contributed by atoms with Crippen molar-refractivity contribution in [2.75, 3.05) is 6.61 Å². The van der Waals surface area contributed by atoms with Crippen LogP contribution in [0, 0.1) is 18.3 Å². The second kappa shape index (κ2) is 7.57. The maximum Gasteiger partial charge on any atom is 0.339 e. The fourth-order valence-corrected chi connectivity index (χ4v) is 4.00. The van der Waals surface area contributed by atoms with E-state index in [0.29, 0.717) is 5.56 Å². The Balaban J connectivity index is 2.21.